The molecule has 0 amide bonds. The summed E-state index contributed by atoms with van der Waals surface area (Å²) in [7, 11) is 0. The van der Waals surface area contributed by atoms with Crippen LogP contribution in [0.25, 0.3) is 0 Å². The number of benzene rings is 2. The maximum Gasteiger partial charge on any atom is 0.420 e. The fourth-order valence-corrected chi connectivity index (χ4v) is 3.88. The molecule has 1 aliphatic heterocycles. The number of rotatable bonds is 8. The Balaban J connectivity index is 1.82. The Kier molecular flexibility index (Phi) is 8.13. The van der Waals surface area contributed by atoms with Crippen LogP contribution in [0.2, 0.25) is 0 Å². The summed E-state index contributed by atoms with van der Waals surface area (Å²) in [4.78, 5) is 12.5. The lowest BCUT2D eigenvalue weighted by molar-refractivity contribution is -0.140. The lowest BCUT2D eigenvalue weighted by atomic mass is 9.87. The largest absolute Gasteiger partial charge is 0.490 e. The van der Waals surface area contributed by atoms with E-state index in [2.05, 4.69) is 6.58 Å². The standard InChI is InChI=1S/C25H26F4O4/c1-3-5-17-7-6-16(15-32-17)20-12-13-21(22(23(20)26)25(27,28)29)24(30)33-19-10-8-18(9-11-19)31-14-4-2/h4,8-13,16-17H,2-3,5-7,14-15H2,1H3. The maximum atomic E-state index is 15.1. The van der Waals surface area contributed by atoms with Gasteiger partial charge in [0, 0.05) is 5.92 Å². The highest BCUT2D eigenvalue weighted by Gasteiger charge is 2.41. The number of hydrogen-bond acceptors (Lipinski definition) is 4. The average molecular weight is 466 g/mol. The van der Waals surface area contributed by atoms with Crippen LogP contribution < -0.4 is 9.47 Å². The summed E-state index contributed by atoms with van der Waals surface area (Å²) in [5.74, 6) is -2.78. The number of esters is 1. The van der Waals surface area contributed by atoms with E-state index in [-0.39, 0.29) is 30.6 Å². The molecule has 33 heavy (non-hydrogen) atoms. The molecule has 1 heterocycles. The Hall–Kier alpha value is -2.87. The Bertz CT molecular complexity index is 962. The van der Waals surface area contributed by atoms with Crippen LogP contribution in [0.4, 0.5) is 17.6 Å². The van der Waals surface area contributed by atoms with Gasteiger partial charge in [0.2, 0.25) is 0 Å². The van der Waals surface area contributed by atoms with Crippen LogP contribution in [-0.2, 0) is 10.9 Å². The molecule has 4 nitrogen and oxygen atoms in total. The SMILES string of the molecule is C=CCOc1ccc(OC(=O)c2ccc(C3CCC(CCC)OC3)c(F)c2C(F)(F)F)cc1. The van der Waals surface area contributed by atoms with Crippen molar-refractivity contribution >= 4 is 5.97 Å². The number of ether oxygens (including phenoxy) is 3. The topological polar surface area (TPSA) is 44.8 Å². The van der Waals surface area contributed by atoms with Crippen molar-refractivity contribution in [2.75, 3.05) is 13.2 Å². The van der Waals surface area contributed by atoms with Crippen LogP contribution in [-0.4, -0.2) is 25.3 Å². The zero-order valence-electron chi connectivity index (χ0n) is 18.3. The molecule has 0 aliphatic carbocycles. The fraction of sp³-hybridized carbons (Fsp3) is 0.400. The summed E-state index contributed by atoms with van der Waals surface area (Å²) in [6.07, 6.45) is -0.527. The van der Waals surface area contributed by atoms with Crippen molar-refractivity contribution in [3.63, 3.8) is 0 Å². The molecule has 3 rings (SSSR count). The van der Waals surface area contributed by atoms with Gasteiger partial charge in [-0.15, -0.1) is 0 Å². The lowest BCUT2D eigenvalue weighted by Crippen LogP contribution is -2.26. The number of hydrogen-bond donors (Lipinski definition) is 0. The van der Waals surface area contributed by atoms with E-state index in [0.29, 0.717) is 18.6 Å². The van der Waals surface area contributed by atoms with Crippen molar-refractivity contribution in [1.82, 2.24) is 0 Å². The van der Waals surface area contributed by atoms with Crippen LogP contribution in [0, 0.1) is 5.82 Å². The lowest BCUT2D eigenvalue weighted by Gasteiger charge is -2.30. The van der Waals surface area contributed by atoms with Gasteiger partial charge < -0.3 is 14.2 Å². The van der Waals surface area contributed by atoms with E-state index in [1.165, 1.54) is 30.3 Å². The van der Waals surface area contributed by atoms with Gasteiger partial charge in [0.05, 0.1) is 18.3 Å². The molecular weight excluding hydrogens is 440 g/mol. The minimum Gasteiger partial charge on any atom is -0.490 e. The highest BCUT2D eigenvalue weighted by atomic mass is 19.4. The molecule has 0 aromatic heterocycles. The predicted molar refractivity (Wildman–Crippen MR) is 115 cm³/mol. The molecule has 0 saturated carbocycles. The predicted octanol–water partition coefficient (Wildman–Crippen LogP) is 6.69. The Labute approximate surface area is 190 Å². The third kappa shape index (κ3) is 6.13. The van der Waals surface area contributed by atoms with Crippen LogP contribution in [0.3, 0.4) is 0 Å². The van der Waals surface area contributed by atoms with Gasteiger partial charge in [-0.2, -0.15) is 13.2 Å². The van der Waals surface area contributed by atoms with E-state index < -0.39 is 35.0 Å². The normalized spacial score (nSPS) is 18.6. The first-order valence-electron chi connectivity index (χ1n) is 10.8. The second-order valence-corrected chi connectivity index (χ2v) is 7.87. The summed E-state index contributed by atoms with van der Waals surface area (Å²) >= 11 is 0. The van der Waals surface area contributed by atoms with Gasteiger partial charge in [0.15, 0.2) is 0 Å². The summed E-state index contributed by atoms with van der Waals surface area (Å²) in [6.45, 7) is 5.96. The minimum atomic E-state index is -5.07. The van der Waals surface area contributed by atoms with Crippen LogP contribution in [0.15, 0.2) is 49.1 Å². The number of carbonyl (C=O) groups is 1. The molecule has 0 N–H and O–H groups in total. The monoisotopic (exact) mass is 466 g/mol. The third-order valence-electron chi connectivity index (χ3n) is 5.50. The second-order valence-electron chi connectivity index (χ2n) is 7.87. The molecule has 0 spiro atoms. The Morgan fingerprint density at radius 1 is 1.15 bits per heavy atom. The average Bonchev–Trinajstić information content (AvgIpc) is 2.78. The van der Waals surface area contributed by atoms with E-state index in [9.17, 15) is 18.0 Å². The van der Waals surface area contributed by atoms with Crippen molar-refractivity contribution in [3.8, 4) is 11.5 Å². The highest BCUT2D eigenvalue weighted by molar-refractivity contribution is 5.93. The van der Waals surface area contributed by atoms with Crippen LogP contribution in [0.1, 0.15) is 60.0 Å². The summed E-state index contributed by atoms with van der Waals surface area (Å²) < 4.78 is 72.6. The first-order valence-corrected chi connectivity index (χ1v) is 10.8. The van der Waals surface area contributed by atoms with Gasteiger partial charge in [-0.05, 0) is 55.2 Å². The first kappa shape index (κ1) is 24.8. The van der Waals surface area contributed by atoms with Crippen LogP contribution in [0.5, 0.6) is 11.5 Å². The van der Waals surface area contributed by atoms with E-state index in [4.69, 9.17) is 14.2 Å². The van der Waals surface area contributed by atoms with E-state index in [1.807, 2.05) is 6.92 Å². The molecule has 2 aromatic carbocycles. The maximum absolute atomic E-state index is 15.1. The number of carbonyl (C=O) groups excluding carboxylic acids is 1. The van der Waals surface area contributed by atoms with Crippen molar-refractivity contribution in [3.05, 3.63) is 71.6 Å². The third-order valence-corrected chi connectivity index (χ3v) is 5.50. The molecule has 8 heteroatoms. The number of alkyl halides is 3. The highest BCUT2D eigenvalue weighted by Crippen LogP contribution is 2.39. The molecule has 1 fully saturated rings. The molecule has 0 bridgehead atoms. The van der Waals surface area contributed by atoms with Gasteiger partial charge in [-0.25, -0.2) is 9.18 Å². The Morgan fingerprint density at radius 2 is 1.85 bits per heavy atom. The van der Waals surface area contributed by atoms with Gasteiger partial charge in [0.1, 0.15) is 29.5 Å². The molecule has 1 aliphatic rings. The molecule has 2 aromatic rings. The van der Waals surface area contributed by atoms with Crippen molar-refractivity contribution in [1.29, 1.82) is 0 Å². The zero-order valence-corrected chi connectivity index (χ0v) is 18.3. The number of halogens is 4. The summed E-state index contributed by atoms with van der Waals surface area (Å²) in [6, 6.07) is 7.94. The molecule has 178 valence electrons. The van der Waals surface area contributed by atoms with Gasteiger partial charge in [-0.1, -0.05) is 32.1 Å². The quantitative estimate of drug-likeness (QED) is 0.188. The fourth-order valence-electron chi connectivity index (χ4n) is 3.88. The van der Waals surface area contributed by atoms with Gasteiger partial charge >= 0.3 is 12.1 Å². The van der Waals surface area contributed by atoms with E-state index in [0.717, 1.165) is 18.9 Å². The first-order chi connectivity index (χ1) is 15.7. The zero-order chi connectivity index (χ0) is 24.0. The van der Waals surface area contributed by atoms with Crippen molar-refractivity contribution in [2.24, 2.45) is 0 Å². The Morgan fingerprint density at radius 3 is 2.42 bits per heavy atom. The molecule has 0 radical (unpaired) electrons. The van der Waals surface area contributed by atoms with E-state index in [1.54, 1.807) is 6.08 Å². The summed E-state index contributed by atoms with van der Waals surface area (Å²) in [5.41, 5.74) is -2.60. The van der Waals surface area contributed by atoms with Crippen molar-refractivity contribution in [2.45, 2.75) is 50.8 Å². The molecule has 2 atom stereocenters. The minimum absolute atomic E-state index is 0.00575. The van der Waals surface area contributed by atoms with Crippen LogP contribution >= 0.6 is 0 Å². The van der Waals surface area contributed by atoms with E-state index >= 15 is 4.39 Å². The molecule has 2 unspecified atom stereocenters. The summed E-state index contributed by atoms with van der Waals surface area (Å²) in [5, 5.41) is 0. The van der Waals surface area contributed by atoms with Gasteiger partial charge in [0.25, 0.3) is 0 Å². The van der Waals surface area contributed by atoms with Crippen molar-refractivity contribution < 1.29 is 36.6 Å². The molecular formula is C25H26F4O4. The molecule has 1 saturated heterocycles. The van der Waals surface area contributed by atoms with Gasteiger partial charge in [-0.3, -0.25) is 0 Å². The smallest absolute Gasteiger partial charge is 0.420 e. The second kappa shape index (κ2) is 10.8.